The first kappa shape index (κ1) is 44.7. The van der Waals surface area contributed by atoms with Crippen molar-refractivity contribution in [3.8, 4) is 5.75 Å². The van der Waals surface area contributed by atoms with Gasteiger partial charge in [0.15, 0.2) is 0 Å². The second kappa shape index (κ2) is 16.3. The van der Waals surface area contributed by atoms with Gasteiger partial charge in [-0.3, -0.25) is 9.11 Å². The molecule has 294 valence electrons. The van der Waals surface area contributed by atoms with Gasteiger partial charge in [-0.25, -0.2) is 9.59 Å². The molecule has 0 saturated carbocycles. The van der Waals surface area contributed by atoms with E-state index in [0.717, 1.165) is 12.1 Å². The van der Waals surface area contributed by atoms with Gasteiger partial charge in [-0.1, -0.05) is 46.8 Å². The number of rotatable bonds is 14. The van der Waals surface area contributed by atoms with Gasteiger partial charge in [0.2, 0.25) is 12.2 Å². The Morgan fingerprint density at radius 3 is 1.58 bits per heavy atom. The van der Waals surface area contributed by atoms with Crippen LogP contribution in [-0.4, -0.2) is 79.5 Å². The van der Waals surface area contributed by atoms with Crippen molar-refractivity contribution in [2.45, 2.75) is 110 Å². The fourth-order valence-electron chi connectivity index (χ4n) is 5.02. The van der Waals surface area contributed by atoms with E-state index < -0.39 is 91.2 Å². The van der Waals surface area contributed by atoms with Crippen LogP contribution in [0.1, 0.15) is 116 Å². The Balaban J connectivity index is 2.77. The van der Waals surface area contributed by atoms with Crippen molar-refractivity contribution >= 4 is 32.2 Å². The van der Waals surface area contributed by atoms with Crippen LogP contribution in [0.4, 0.5) is 26.3 Å². The number of alkyl halides is 6. The third-order valence-electron chi connectivity index (χ3n) is 7.44. The van der Waals surface area contributed by atoms with Crippen molar-refractivity contribution in [2.24, 2.45) is 0 Å². The molecule has 0 aliphatic heterocycles. The molecule has 0 bridgehead atoms. The second-order valence-electron chi connectivity index (χ2n) is 13.9. The van der Waals surface area contributed by atoms with E-state index in [-0.39, 0.29) is 40.3 Å². The van der Waals surface area contributed by atoms with Gasteiger partial charge in [-0.2, -0.15) is 43.2 Å². The lowest BCUT2D eigenvalue weighted by atomic mass is 9.82. The largest absolute Gasteiger partial charge is 0.488 e. The summed E-state index contributed by atoms with van der Waals surface area (Å²) in [7, 11) is -10.5. The predicted octanol–water partition coefficient (Wildman–Crippen LogP) is 7.41. The van der Waals surface area contributed by atoms with Crippen molar-refractivity contribution in [3.63, 3.8) is 0 Å². The molecule has 11 nitrogen and oxygen atoms in total. The van der Waals surface area contributed by atoms with Gasteiger partial charge < -0.3 is 14.2 Å². The molecule has 0 aromatic heterocycles. The van der Waals surface area contributed by atoms with Crippen LogP contribution in [0.3, 0.4) is 0 Å². The summed E-state index contributed by atoms with van der Waals surface area (Å²) in [6, 6.07) is 6.57. The Morgan fingerprint density at radius 2 is 1.17 bits per heavy atom. The minimum absolute atomic E-state index is 0.125. The van der Waals surface area contributed by atoms with E-state index in [4.69, 9.17) is 18.6 Å². The van der Waals surface area contributed by atoms with Gasteiger partial charge in [0, 0.05) is 0 Å². The highest BCUT2D eigenvalue weighted by molar-refractivity contribution is 7.86. The molecule has 0 aliphatic rings. The van der Waals surface area contributed by atoms with Crippen LogP contribution in [0.5, 0.6) is 5.75 Å². The Hall–Kier alpha value is -3.42. The first-order chi connectivity index (χ1) is 23.3. The number of ether oxygens (including phenoxy) is 3. The maximum atomic E-state index is 13.8. The van der Waals surface area contributed by atoms with E-state index >= 15 is 0 Å². The maximum absolute atomic E-state index is 13.8. The highest BCUT2D eigenvalue weighted by Crippen LogP contribution is 2.37. The number of carbonyl (C=O) groups excluding carboxylic acids is 2. The zero-order valence-electron chi connectivity index (χ0n) is 29.5. The molecule has 2 aromatic rings. The Morgan fingerprint density at radius 1 is 0.712 bits per heavy atom. The molecule has 3 unspecified atom stereocenters. The molecule has 2 N–H and O–H groups in total. The molecule has 2 rings (SSSR count). The monoisotopic (exact) mass is 792 g/mol. The number of carbonyl (C=O) groups is 2. The number of hydrogen-bond donors (Lipinski definition) is 2. The van der Waals surface area contributed by atoms with Gasteiger partial charge in [0.05, 0.1) is 11.1 Å². The number of halogens is 6. The third kappa shape index (κ3) is 13.5. The molecule has 3 atom stereocenters. The lowest BCUT2D eigenvalue weighted by molar-refractivity contribution is -0.197. The summed E-state index contributed by atoms with van der Waals surface area (Å²) in [6.07, 6.45) is -17.4. The maximum Gasteiger partial charge on any atom is 0.426 e. The highest BCUT2D eigenvalue weighted by atomic mass is 32.2. The van der Waals surface area contributed by atoms with Gasteiger partial charge in [-0.15, -0.1) is 0 Å². The van der Waals surface area contributed by atoms with Crippen molar-refractivity contribution < 1.29 is 76.1 Å². The summed E-state index contributed by atoms with van der Waals surface area (Å²) < 4.78 is 160. The van der Waals surface area contributed by atoms with Gasteiger partial charge >= 0.3 is 24.3 Å². The van der Waals surface area contributed by atoms with Crippen LogP contribution in [-0.2, 0) is 36.1 Å². The van der Waals surface area contributed by atoms with Crippen molar-refractivity contribution in [1.82, 2.24) is 0 Å². The van der Waals surface area contributed by atoms with E-state index in [1.54, 1.807) is 53.7 Å². The molecule has 2 aromatic carbocycles. The standard InChI is InChI=1S/C33H42F6O11S2/c1-17(2)21-13-23(18(3)4)28(30(41)49-27(33(37,38)39)16-52(45,46)47)24(14-21)19(5)11-22-12-20(9-10-25(22)50-31(6,7)8)29(40)48-26(32(34,35)36)15-51(42,43)44/h9-10,12-14,17-19,26-27H,11,15-16H2,1-8H3,(H,42,43,44)(H,45,46,47). The average Bonchev–Trinajstić information content (AvgIpc) is 2.93. The molecule has 0 fully saturated rings. The normalized spacial score (nSPS) is 15.0. The topological polar surface area (TPSA) is 171 Å². The average molecular weight is 793 g/mol. The Kier molecular flexibility index (Phi) is 14.0. The summed E-state index contributed by atoms with van der Waals surface area (Å²) >= 11 is 0. The molecule has 0 amide bonds. The van der Waals surface area contributed by atoms with E-state index in [2.05, 4.69) is 4.74 Å². The lowest BCUT2D eigenvalue weighted by Crippen LogP contribution is -2.40. The molecule has 19 heteroatoms. The number of hydrogen-bond acceptors (Lipinski definition) is 9. The van der Waals surface area contributed by atoms with Crippen LogP contribution in [0.15, 0.2) is 30.3 Å². The summed E-state index contributed by atoms with van der Waals surface area (Å²) in [6.45, 7) is 13.5. The van der Waals surface area contributed by atoms with Crippen molar-refractivity contribution in [2.75, 3.05) is 11.5 Å². The van der Waals surface area contributed by atoms with Gasteiger partial charge in [0.25, 0.3) is 20.2 Å². The summed E-state index contributed by atoms with van der Waals surface area (Å²) in [4.78, 5) is 26.5. The fourth-order valence-corrected chi connectivity index (χ4v) is 6.30. The molecule has 0 aliphatic carbocycles. The molecule has 0 radical (unpaired) electrons. The van der Waals surface area contributed by atoms with Crippen LogP contribution in [0.25, 0.3) is 0 Å². The van der Waals surface area contributed by atoms with Crippen LogP contribution in [0, 0.1) is 0 Å². The summed E-state index contributed by atoms with van der Waals surface area (Å²) in [5.74, 6) is -8.41. The molecular formula is C33H42F6O11S2. The van der Waals surface area contributed by atoms with E-state index in [1.165, 1.54) is 6.07 Å². The van der Waals surface area contributed by atoms with E-state index in [0.29, 0.717) is 5.56 Å². The number of esters is 2. The molecule has 0 spiro atoms. The Bertz CT molecular complexity index is 1830. The highest BCUT2D eigenvalue weighted by Gasteiger charge is 2.47. The minimum Gasteiger partial charge on any atom is -0.488 e. The first-order valence-electron chi connectivity index (χ1n) is 15.7. The quantitative estimate of drug-likeness (QED) is 0.111. The molecule has 0 saturated heterocycles. The number of benzene rings is 2. The fraction of sp³-hybridized carbons (Fsp3) is 0.576. The lowest BCUT2D eigenvalue weighted by Gasteiger charge is -2.27. The summed E-state index contributed by atoms with van der Waals surface area (Å²) in [5, 5.41) is 0. The van der Waals surface area contributed by atoms with Crippen molar-refractivity contribution in [1.29, 1.82) is 0 Å². The minimum atomic E-state index is -5.38. The van der Waals surface area contributed by atoms with Crippen LogP contribution < -0.4 is 4.74 Å². The van der Waals surface area contributed by atoms with Crippen LogP contribution >= 0.6 is 0 Å². The Labute approximate surface area is 298 Å². The third-order valence-corrected chi connectivity index (χ3v) is 8.88. The molecule has 0 heterocycles. The zero-order chi connectivity index (χ0) is 40.4. The van der Waals surface area contributed by atoms with Crippen molar-refractivity contribution in [3.05, 3.63) is 63.7 Å². The van der Waals surface area contributed by atoms with Gasteiger partial charge in [0.1, 0.15) is 22.9 Å². The first-order valence-corrected chi connectivity index (χ1v) is 19.0. The summed E-state index contributed by atoms with van der Waals surface area (Å²) in [5.41, 5.74) is -0.441. The predicted molar refractivity (Wildman–Crippen MR) is 177 cm³/mol. The zero-order valence-corrected chi connectivity index (χ0v) is 31.2. The molecular weight excluding hydrogens is 750 g/mol. The SMILES string of the molecule is CC(C)c1cc(C(C)C)c(C(=O)OC(CS(=O)(=O)O)C(F)(F)F)c(C(C)Cc2cc(C(=O)OC(CS(=O)(=O)O)C(F)(F)F)ccc2OC(C)(C)C)c1. The molecule has 52 heavy (non-hydrogen) atoms. The van der Waals surface area contributed by atoms with Gasteiger partial charge in [-0.05, 0) is 85.4 Å². The smallest absolute Gasteiger partial charge is 0.426 e. The van der Waals surface area contributed by atoms with Crippen LogP contribution in [0.2, 0.25) is 0 Å². The van der Waals surface area contributed by atoms with E-state index in [9.17, 15) is 52.8 Å². The van der Waals surface area contributed by atoms with E-state index in [1.807, 2.05) is 13.8 Å². The second-order valence-corrected chi connectivity index (χ2v) is 16.9.